The van der Waals surface area contributed by atoms with Gasteiger partial charge in [-0.15, -0.1) is 0 Å². The van der Waals surface area contributed by atoms with Crippen LogP contribution >= 0.6 is 11.8 Å². The Morgan fingerprint density at radius 1 is 1.26 bits per heavy atom. The third-order valence-electron chi connectivity index (χ3n) is 9.39. The van der Waals surface area contributed by atoms with Crippen molar-refractivity contribution in [2.75, 3.05) is 6.01 Å². The van der Waals surface area contributed by atoms with Gasteiger partial charge in [-0.1, -0.05) is 33.8 Å². The predicted molar refractivity (Wildman–Crippen MR) is 125 cm³/mol. The summed E-state index contributed by atoms with van der Waals surface area (Å²) < 4.78 is 52.1. The van der Waals surface area contributed by atoms with Crippen LogP contribution in [0.5, 0.6) is 0 Å². The highest BCUT2D eigenvalue weighted by atomic mass is 32.2. The minimum Gasteiger partial charge on any atom is -0.449 e. The number of hydrogen-bond donors (Lipinski definition) is 1. The summed E-state index contributed by atoms with van der Waals surface area (Å²) in [6, 6.07) is -1.02. The smallest absolute Gasteiger partial charge is 0.309 e. The number of carbonyl (C=O) groups excluding carboxylic acids is 3. The lowest BCUT2D eigenvalue weighted by Crippen LogP contribution is -2.70. The number of ketones is 1. The quantitative estimate of drug-likeness (QED) is 0.549. The van der Waals surface area contributed by atoms with Crippen molar-refractivity contribution < 1.29 is 37.4 Å². The van der Waals surface area contributed by atoms with Gasteiger partial charge in [-0.3, -0.25) is 14.4 Å². The van der Waals surface area contributed by atoms with E-state index in [9.17, 15) is 23.9 Å². The fourth-order valence-electron chi connectivity index (χ4n) is 7.65. The van der Waals surface area contributed by atoms with Crippen LogP contribution in [0.4, 0.5) is 13.2 Å². The molecule has 0 aromatic rings. The average Bonchev–Trinajstić information content (AvgIpc) is 2.99. The molecule has 4 rings (SSSR count). The van der Waals surface area contributed by atoms with E-state index in [2.05, 4.69) is 0 Å². The topological polar surface area (TPSA) is 80.7 Å². The van der Waals surface area contributed by atoms with E-state index in [1.807, 2.05) is 0 Å². The van der Waals surface area contributed by atoms with E-state index in [-0.39, 0.29) is 24.8 Å². The Morgan fingerprint density at radius 3 is 2.51 bits per heavy atom. The molecule has 0 heterocycles. The van der Waals surface area contributed by atoms with Crippen molar-refractivity contribution in [2.24, 2.45) is 34.5 Å². The van der Waals surface area contributed by atoms with Crippen molar-refractivity contribution in [1.82, 2.24) is 0 Å². The fourth-order valence-corrected chi connectivity index (χ4v) is 8.44. The van der Waals surface area contributed by atoms with Crippen molar-refractivity contribution in [2.45, 2.75) is 77.4 Å². The standard InChI is InChI=1S/C26H33F3O5S/c1-13(2)21(32)34-26(22(33)35-12-27)14(3)8-16-17-10-19(28)18-9-15(30)6-7-23(18,4)25(17,29)20(31)11-24(16,26)5/h6-7,9,13-14,16-17,19-20,31H,8,10-12H2,1-5H3/t14-,16+,17+,19+,20+,23+,24+,25+,26+/m1/s1. The fraction of sp³-hybridized carbons (Fsp3) is 0.731. The van der Waals surface area contributed by atoms with Gasteiger partial charge in [0.15, 0.2) is 17.1 Å². The molecule has 0 spiro atoms. The third kappa shape index (κ3) is 3.29. The van der Waals surface area contributed by atoms with Gasteiger partial charge in [-0.05, 0) is 61.6 Å². The Kier molecular flexibility index (Phi) is 6.40. The summed E-state index contributed by atoms with van der Waals surface area (Å²) in [4.78, 5) is 38.2. The van der Waals surface area contributed by atoms with Gasteiger partial charge in [0.25, 0.3) is 0 Å². The van der Waals surface area contributed by atoms with Crippen molar-refractivity contribution in [3.63, 3.8) is 0 Å². The highest BCUT2D eigenvalue weighted by molar-refractivity contribution is 8.13. The van der Waals surface area contributed by atoms with Crippen LogP contribution in [0.2, 0.25) is 0 Å². The van der Waals surface area contributed by atoms with Crippen molar-refractivity contribution in [3.8, 4) is 0 Å². The lowest BCUT2D eigenvalue weighted by Gasteiger charge is -2.63. The Hall–Kier alpha value is -1.61. The van der Waals surface area contributed by atoms with Crippen LogP contribution in [-0.4, -0.2) is 51.5 Å². The molecule has 9 heteroatoms. The van der Waals surface area contributed by atoms with E-state index in [4.69, 9.17) is 4.74 Å². The molecule has 0 bridgehead atoms. The summed E-state index contributed by atoms with van der Waals surface area (Å²) in [5.74, 6) is -3.89. The summed E-state index contributed by atoms with van der Waals surface area (Å²) in [5, 5.41) is 10.8. The van der Waals surface area contributed by atoms with Crippen LogP contribution in [0, 0.1) is 34.5 Å². The van der Waals surface area contributed by atoms with Gasteiger partial charge in [-0.2, -0.15) is 0 Å². The highest BCUT2D eigenvalue weighted by Gasteiger charge is 2.78. The summed E-state index contributed by atoms with van der Waals surface area (Å²) in [7, 11) is 0. The first kappa shape index (κ1) is 26.5. The number of thioether (sulfide) groups is 1. The first-order valence-electron chi connectivity index (χ1n) is 12.1. The first-order chi connectivity index (χ1) is 16.2. The van der Waals surface area contributed by atoms with Gasteiger partial charge < -0.3 is 9.84 Å². The lowest BCUT2D eigenvalue weighted by molar-refractivity contribution is -0.229. The number of hydrogen-bond acceptors (Lipinski definition) is 6. The zero-order chi connectivity index (χ0) is 26.1. The summed E-state index contributed by atoms with van der Waals surface area (Å²) in [6.07, 6.45) is 0.152. The predicted octanol–water partition coefficient (Wildman–Crippen LogP) is 4.68. The second-order valence-corrected chi connectivity index (χ2v) is 12.2. The Bertz CT molecular complexity index is 1010. The molecule has 3 saturated carbocycles. The molecule has 194 valence electrons. The van der Waals surface area contributed by atoms with Crippen LogP contribution in [-0.2, 0) is 19.1 Å². The molecule has 1 N–H and O–H groups in total. The van der Waals surface area contributed by atoms with E-state index in [0.29, 0.717) is 11.8 Å². The molecule has 4 aliphatic carbocycles. The number of esters is 1. The van der Waals surface area contributed by atoms with E-state index >= 15 is 8.78 Å². The minimum atomic E-state index is -2.31. The third-order valence-corrected chi connectivity index (χ3v) is 10.1. The molecule has 4 aliphatic rings. The largest absolute Gasteiger partial charge is 0.449 e. The van der Waals surface area contributed by atoms with Crippen LogP contribution in [0.1, 0.15) is 53.9 Å². The maximum atomic E-state index is 17.3. The second kappa shape index (κ2) is 8.47. The molecular weight excluding hydrogens is 481 g/mol. The maximum Gasteiger partial charge on any atom is 0.309 e. The zero-order valence-electron chi connectivity index (χ0n) is 20.6. The first-order valence-corrected chi connectivity index (χ1v) is 13.1. The molecule has 5 nitrogen and oxygen atoms in total. The number of carbonyl (C=O) groups is 3. The van der Waals surface area contributed by atoms with Gasteiger partial charge in [0.1, 0.15) is 12.2 Å². The number of rotatable bonds is 4. The number of aliphatic hydroxyl groups excluding tert-OH is 1. The van der Waals surface area contributed by atoms with E-state index < -0.39 is 80.9 Å². The Morgan fingerprint density at radius 2 is 1.91 bits per heavy atom. The van der Waals surface area contributed by atoms with E-state index in [0.717, 1.165) is 6.08 Å². The zero-order valence-corrected chi connectivity index (χ0v) is 21.5. The molecule has 9 atom stereocenters. The number of ether oxygens (including phenoxy) is 1. The molecule has 0 unspecified atom stereocenters. The average molecular weight is 515 g/mol. The summed E-state index contributed by atoms with van der Waals surface area (Å²) in [5.41, 5.74) is -6.89. The molecule has 3 fully saturated rings. The molecular formula is C26H33F3O5S. The molecule has 0 radical (unpaired) electrons. The molecule has 0 saturated heterocycles. The van der Waals surface area contributed by atoms with Gasteiger partial charge in [0.05, 0.1) is 12.0 Å². The molecule has 35 heavy (non-hydrogen) atoms. The summed E-state index contributed by atoms with van der Waals surface area (Å²) >= 11 is 0.397. The highest BCUT2D eigenvalue weighted by Crippen LogP contribution is 2.72. The Labute approximate surface area is 207 Å². The monoisotopic (exact) mass is 514 g/mol. The van der Waals surface area contributed by atoms with Crippen molar-refractivity contribution in [1.29, 1.82) is 0 Å². The van der Waals surface area contributed by atoms with E-state index in [1.54, 1.807) is 27.7 Å². The normalized spacial score (nSPS) is 46.5. The number of aliphatic hydroxyl groups is 1. The van der Waals surface area contributed by atoms with Crippen molar-refractivity contribution in [3.05, 3.63) is 23.8 Å². The number of halogens is 3. The van der Waals surface area contributed by atoms with Gasteiger partial charge in [0.2, 0.25) is 5.12 Å². The van der Waals surface area contributed by atoms with Crippen LogP contribution in [0.15, 0.2) is 23.8 Å². The van der Waals surface area contributed by atoms with Crippen LogP contribution < -0.4 is 0 Å². The molecule has 0 aromatic heterocycles. The van der Waals surface area contributed by atoms with Crippen molar-refractivity contribution >= 4 is 28.6 Å². The number of alkyl halides is 3. The van der Waals surface area contributed by atoms with E-state index in [1.165, 1.54) is 19.1 Å². The van der Waals surface area contributed by atoms with Crippen LogP contribution in [0.3, 0.4) is 0 Å². The maximum absolute atomic E-state index is 17.3. The number of allylic oxidation sites excluding steroid dienone is 4. The second-order valence-electron chi connectivity index (χ2n) is 11.3. The summed E-state index contributed by atoms with van der Waals surface area (Å²) in [6.45, 7) is 8.12. The molecule has 0 amide bonds. The number of fused-ring (bicyclic) bond motifs is 5. The van der Waals surface area contributed by atoms with Gasteiger partial charge >= 0.3 is 5.97 Å². The van der Waals surface area contributed by atoms with Gasteiger partial charge in [-0.25, -0.2) is 13.2 Å². The SMILES string of the molecule is CC(C)C(=O)O[C@]1(C(=O)SCF)[C@H](C)C[C@H]2[C@@H]3C[C@H](F)C4=CC(=O)C=C[C@]4(C)[C@@]3(F)[C@@H](O)C[C@@]21C. The molecule has 0 aliphatic heterocycles. The minimum absolute atomic E-state index is 0.0130. The lowest BCUT2D eigenvalue weighted by atomic mass is 9.44. The molecule has 0 aromatic carbocycles. The van der Waals surface area contributed by atoms with Gasteiger partial charge in [0, 0.05) is 22.7 Å². The van der Waals surface area contributed by atoms with Crippen LogP contribution in [0.25, 0.3) is 0 Å². The Balaban J connectivity index is 1.87.